The number of aromatic carboxylic acids is 1. The molecule has 0 unspecified atom stereocenters. The summed E-state index contributed by atoms with van der Waals surface area (Å²) >= 11 is 0. The zero-order chi connectivity index (χ0) is 24.9. The highest BCUT2D eigenvalue weighted by Gasteiger charge is 2.16. The molecule has 0 aromatic heterocycles. The van der Waals surface area contributed by atoms with Crippen molar-refractivity contribution in [2.45, 2.75) is 51.3 Å². The van der Waals surface area contributed by atoms with E-state index in [0.29, 0.717) is 19.2 Å². The maximum Gasteiger partial charge on any atom is 0.335 e. The van der Waals surface area contributed by atoms with Crippen LogP contribution in [0.1, 0.15) is 53.6 Å². The van der Waals surface area contributed by atoms with Crippen molar-refractivity contribution in [1.82, 2.24) is 4.90 Å². The lowest BCUT2D eigenvalue weighted by Gasteiger charge is -2.23. The van der Waals surface area contributed by atoms with Crippen LogP contribution in [-0.2, 0) is 17.9 Å². The van der Waals surface area contributed by atoms with Crippen LogP contribution in [0.4, 0.5) is 0 Å². The molecule has 6 nitrogen and oxygen atoms in total. The van der Waals surface area contributed by atoms with Crippen LogP contribution in [0.5, 0.6) is 11.5 Å². The molecule has 0 aliphatic heterocycles. The molecule has 1 fully saturated rings. The molecule has 0 heterocycles. The number of rotatable bonds is 9. The molecular formula is C29H33NO5. The summed E-state index contributed by atoms with van der Waals surface area (Å²) in [5, 5.41) is 8.83. The van der Waals surface area contributed by atoms with Gasteiger partial charge in [0.1, 0.15) is 0 Å². The fourth-order valence-corrected chi connectivity index (χ4v) is 4.01. The molecule has 0 bridgehead atoms. The van der Waals surface area contributed by atoms with Gasteiger partial charge >= 0.3 is 5.97 Å². The van der Waals surface area contributed by atoms with Gasteiger partial charge in [-0.25, -0.2) is 4.79 Å². The van der Waals surface area contributed by atoms with E-state index in [2.05, 4.69) is 0 Å². The van der Waals surface area contributed by atoms with Crippen LogP contribution < -0.4 is 9.47 Å². The molecule has 0 radical (unpaired) electrons. The fourth-order valence-electron chi connectivity index (χ4n) is 4.01. The quantitative estimate of drug-likeness (QED) is 0.387. The van der Waals surface area contributed by atoms with Gasteiger partial charge in [-0.2, -0.15) is 0 Å². The first-order valence-electron chi connectivity index (χ1n) is 11.9. The summed E-state index contributed by atoms with van der Waals surface area (Å²) in [4.78, 5) is 23.5. The molecule has 0 spiro atoms. The highest BCUT2D eigenvalue weighted by molar-refractivity contribution is 5.87. The van der Waals surface area contributed by atoms with E-state index in [-0.39, 0.29) is 5.56 Å². The van der Waals surface area contributed by atoms with Crippen molar-refractivity contribution in [2.24, 2.45) is 0 Å². The second kappa shape index (κ2) is 13.8. The summed E-state index contributed by atoms with van der Waals surface area (Å²) in [6, 6.07) is 24.1. The van der Waals surface area contributed by atoms with Gasteiger partial charge in [0.05, 0.1) is 18.8 Å². The first-order chi connectivity index (χ1) is 17.1. The van der Waals surface area contributed by atoms with E-state index in [1.165, 1.54) is 32.1 Å². The van der Waals surface area contributed by atoms with Gasteiger partial charge in [-0.3, -0.25) is 4.79 Å². The van der Waals surface area contributed by atoms with E-state index in [4.69, 9.17) is 14.6 Å². The van der Waals surface area contributed by atoms with Crippen LogP contribution in [0, 0.1) is 0 Å². The molecule has 1 amide bonds. The maximum absolute atomic E-state index is 11.1. The molecule has 6 heteroatoms. The third kappa shape index (κ3) is 8.49. The molecule has 1 aliphatic rings. The number of nitrogens with zero attached hydrogens (tertiary/aromatic N) is 1. The molecule has 1 saturated carbocycles. The molecule has 184 valence electrons. The van der Waals surface area contributed by atoms with Crippen molar-refractivity contribution in [3.8, 4) is 11.5 Å². The topological polar surface area (TPSA) is 76.1 Å². The average molecular weight is 476 g/mol. The van der Waals surface area contributed by atoms with Crippen molar-refractivity contribution < 1.29 is 24.2 Å². The number of amides is 1. The van der Waals surface area contributed by atoms with Crippen molar-refractivity contribution in [3.05, 3.63) is 95.6 Å². The standard InChI is InChI=1S/C16H15NO3.C13H18O2/c18-12-17(10-13-4-2-1-3-5-13)11-14-6-8-15(9-7-14)16(19)20;1-14-12-9-5-6-10-13(12)15-11-7-3-2-4-8-11/h1-9,12H,10-11H2,(H,19,20);5-6,9-11H,2-4,7-8H2,1H3. The third-order valence-corrected chi connectivity index (χ3v) is 5.88. The minimum absolute atomic E-state index is 0.245. The molecule has 35 heavy (non-hydrogen) atoms. The fraction of sp³-hybridized carbons (Fsp3) is 0.310. The van der Waals surface area contributed by atoms with Crippen LogP contribution in [0.2, 0.25) is 0 Å². The Morgan fingerprint density at radius 3 is 2.00 bits per heavy atom. The molecule has 0 saturated heterocycles. The smallest absolute Gasteiger partial charge is 0.335 e. The van der Waals surface area contributed by atoms with Gasteiger partial charge in [0.15, 0.2) is 11.5 Å². The number of carbonyl (C=O) groups is 2. The lowest BCUT2D eigenvalue weighted by atomic mass is 9.98. The molecule has 4 rings (SSSR count). The zero-order valence-corrected chi connectivity index (χ0v) is 20.1. The SMILES string of the molecule is COc1ccccc1OC1CCCCC1.O=CN(Cc1ccccc1)Cc1ccc(C(=O)O)cc1. The van der Waals surface area contributed by atoms with Crippen LogP contribution in [0.3, 0.4) is 0 Å². The predicted molar refractivity (Wildman–Crippen MR) is 136 cm³/mol. The number of carboxylic acid groups (broad SMARTS) is 1. The van der Waals surface area contributed by atoms with Gasteiger partial charge in [0.25, 0.3) is 0 Å². The molecule has 3 aromatic carbocycles. The maximum atomic E-state index is 11.1. The van der Waals surface area contributed by atoms with E-state index < -0.39 is 5.97 Å². The summed E-state index contributed by atoms with van der Waals surface area (Å²) in [6.07, 6.45) is 7.48. The number of hydrogen-bond acceptors (Lipinski definition) is 4. The number of carboxylic acids is 1. The van der Waals surface area contributed by atoms with Crippen molar-refractivity contribution in [2.75, 3.05) is 7.11 Å². The number of methoxy groups -OCH3 is 1. The summed E-state index contributed by atoms with van der Waals surface area (Å²) in [5.74, 6) is 0.767. The lowest BCUT2D eigenvalue weighted by Crippen LogP contribution is -2.20. The Labute approximate surface area is 207 Å². The lowest BCUT2D eigenvalue weighted by molar-refractivity contribution is -0.119. The van der Waals surface area contributed by atoms with E-state index in [9.17, 15) is 9.59 Å². The highest BCUT2D eigenvalue weighted by atomic mass is 16.5. The van der Waals surface area contributed by atoms with E-state index in [0.717, 1.165) is 29.0 Å². The number of ether oxygens (including phenoxy) is 2. The normalized spacial score (nSPS) is 13.2. The third-order valence-electron chi connectivity index (χ3n) is 5.88. The monoisotopic (exact) mass is 475 g/mol. The Hall–Kier alpha value is -3.80. The number of hydrogen-bond donors (Lipinski definition) is 1. The van der Waals surface area contributed by atoms with Crippen LogP contribution in [0.25, 0.3) is 0 Å². The largest absolute Gasteiger partial charge is 0.493 e. The van der Waals surface area contributed by atoms with Crippen molar-refractivity contribution in [1.29, 1.82) is 0 Å². The van der Waals surface area contributed by atoms with Gasteiger partial charge in [-0.1, -0.05) is 61.0 Å². The first-order valence-corrected chi connectivity index (χ1v) is 11.9. The molecule has 0 atom stereocenters. The minimum Gasteiger partial charge on any atom is -0.493 e. The first kappa shape index (κ1) is 25.8. The molecular weight excluding hydrogens is 442 g/mol. The van der Waals surface area contributed by atoms with Crippen LogP contribution in [0.15, 0.2) is 78.9 Å². The van der Waals surface area contributed by atoms with Crippen molar-refractivity contribution in [3.63, 3.8) is 0 Å². The average Bonchev–Trinajstić information content (AvgIpc) is 2.90. The Balaban J connectivity index is 0.000000203. The Bertz CT molecular complexity index is 1050. The zero-order valence-electron chi connectivity index (χ0n) is 20.1. The summed E-state index contributed by atoms with van der Waals surface area (Å²) in [6.45, 7) is 0.989. The number of carbonyl (C=O) groups excluding carboxylic acids is 1. The summed E-state index contributed by atoms with van der Waals surface area (Å²) in [5.41, 5.74) is 2.20. The van der Waals surface area contributed by atoms with Crippen LogP contribution >= 0.6 is 0 Å². The molecule has 1 aliphatic carbocycles. The summed E-state index contributed by atoms with van der Waals surface area (Å²) < 4.78 is 11.2. The second-order valence-electron chi connectivity index (χ2n) is 8.53. The van der Waals surface area contributed by atoms with Gasteiger partial charge in [-0.15, -0.1) is 0 Å². The van der Waals surface area contributed by atoms with Crippen molar-refractivity contribution >= 4 is 12.4 Å². The van der Waals surface area contributed by atoms with E-state index in [1.54, 1.807) is 36.3 Å². The van der Waals surface area contributed by atoms with E-state index >= 15 is 0 Å². The van der Waals surface area contributed by atoms with Gasteiger partial charge in [0.2, 0.25) is 6.41 Å². The number of para-hydroxylation sites is 2. The van der Waals surface area contributed by atoms with Gasteiger partial charge in [-0.05, 0) is 61.1 Å². The summed E-state index contributed by atoms with van der Waals surface area (Å²) in [7, 11) is 1.68. The van der Waals surface area contributed by atoms with Gasteiger partial charge in [0, 0.05) is 13.1 Å². The molecule has 1 N–H and O–H groups in total. The second-order valence-corrected chi connectivity index (χ2v) is 8.53. The Morgan fingerprint density at radius 1 is 0.857 bits per heavy atom. The highest BCUT2D eigenvalue weighted by Crippen LogP contribution is 2.30. The molecule has 3 aromatic rings. The van der Waals surface area contributed by atoms with E-state index in [1.807, 2.05) is 54.6 Å². The Kier molecular flexibility index (Phi) is 10.2. The number of benzene rings is 3. The minimum atomic E-state index is -0.951. The van der Waals surface area contributed by atoms with Crippen LogP contribution in [-0.4, -0.2) is 35.6 Å². The Morgan fingerprint density at radius 2 is 1.43 bits per heavy atom. The predicted octanol–water partition coefficient (Wildman–Crippen LogP) is 5.95. The van der Waals surface area contributed by atoms with Gasteiger partial charge < -0.3 is 19.5 Å².